The van der Waals surface area contributed by atoms with E-state index in [1.807, 2.05) is 12.1 Å². The van der Waals surface area contributed by atoms with Gasteiger partial charge in [0, 0.05) is 17.6 Å². The molecular formula is C13H18BrNO. The van der Waals surface area contributed by atoms with E-state index < -0.39 is 0 Å². The first-order valence-electron chi connectivity index (χ1n) is 5.66. The predicted molar refractivity (Wildman–Crippen MR) is 70.7 cm³/mol. The molecule has 1 aliphatic heterocycles. The van der Waals surface area contributed by atoms with Crippen molar-refractivity contribution in [3.63, 3.8) is 0 Å². The van der Waals surface area contributed by atoms with Gasteiger partial charge in [0.1, 0.15) is 0 Å². The van der Waals surface area contributed by atoms with Crippen molar-refractivity contribution < 1.29 is 5.11 Å². The van der Waals surface area contributed by atoms with Crippen LogP contribution in [0.5, 0.6) is 0 Å². The van der Waals surface area contributed by atoms with Gasteiger partial charge >= 0.3 is 0 Å². The van der Waals surface area contributed by atoms with E-state index >= 15 is 0 Å². The third kappa shape index (κ3) is 2.41. The second-order valence-corrected chi connectivity index (χ2v) is 6.13. The average molecular weight is 284 g/mol. The van der Waals surface area contributed by atoms with Gasteiger partial charge in [-0.3, -0.25) is 0 Å². The standard InChI is InChI=1S/C13H18BrNO/c1-13(2)5-6-15(9-13)12-4-3-10(8-16)7-11(12)14/h3-4,7,16H,5-6,8-9H2,1-2H3. The quantitative estimate of drug-likeness (QED) is 0.901. The summed E-state index contributed by atoms with van der Waals surface area (Å²) in [6.07, 6.45) is 1.24. The third-order valence-corrected chi connectivity index (χ3v) is 3.85. The van der Waals surface area contributed by atoms with Gasteiger partial charge < -0.3 is 10.0 Å². The lowest BCUT2D eigenvalue weighted by Gasteiger charge is -2.23. The summed E-state index contributed by atoms with van der Waals surface area (Å²) < 4.78 is 1.08. The van der Waals surface area contributed by atoms with Crippen molar-refractivity contribution in [2.24, 2.45) is 5.41 Å². The monoisotopic (exact) mass is 283 g/mol. The summed E-state index contributed by atoms with van der Waals surface area (Å²) in [6, 6.07) is 6.09. The zero-order valence-corrected chi connectivity index (χ0v) is 11.4. The van der Waals surface area contributed by atoms with E-state index in [0.29, 0.717) is 5.41 Å². The van der Waals surface area contributed by atoms with Crippen LogP contribution in [0.3, 0.4) is 0 Å². The van der Waals surface area contributed by atoms with E-state index in [0.717, 1.165) is 23.1 Å². The average Bonchev–Trinajstić information content (AvgIpc) is 2.58. The van der Waals surface area contributed by atoms with Crippen molar-refractivity contribution in [1.29, 1.82) is 0 Å². The molecule has 1 aromatic rings. The first kappa shape index (κ1) is 11.9. The molecule has 0 aromatic heterocycles. The summed E-state index contributed by atoms with van der Waals surface area (Å²) in [5.41, 5.74) is 2.60. The Morgan fingerprint density at radius 3 is 2.69 bits per heavy atom. The molecule has 0 radical (unpaired) electrons. The normalized spacial score (nSPS) is 19.1. The number of halogens is 1. The highest BCUT2D eigenvalue weighted by Crippen LogP contribution is 2.36. The number of anilines is 1. The number of nitrogens with zero attached hydrogens (tertiary/aromatic N) is 1. The highest BCUT2D eigenvalue weighted by atomic mass is 79.9. The fourth-order valence-corrected chi connectivity index (χ4v) is 2.90. The minimum atomic E-state index is 0.102. The molecule has 3 heteroatoms. The number of hydrogen-bond acceptors (Lipinski definition) is 2. The van der Waals surface area contributed by atoms with Gasteiger partial charge in [0.15, 0.2) is 0 Å². The van der Waals surface area contributed by atoms with Gasteiger partial charge in [0.25, 0.3) is 0 Å². The Kier molecular flexibility index (Phi) is 3.27. The lowest BCUT2D eigenvalue weighted by atomic mass is 9.93. The van der Waals surface area contributed by atoms with E-state index in [1.165, 1.54) is 12.1 Å². The molecular weight excluding hydrogens is 266 g/mol. The highest BCUT2D eigenvalue weighted by Gasteiger charge is 2.29. The maximum Gasteiger partial charge on any atom is 0.0682 e. The summed E-state index contributed by atoms with van der Waals surface area (Å²) in [5.74, 6) is 0. The van der Waals surface area contributed by atoms with Crippen molar-refractivity contribution in [3.8, 4) is 0 Å². The van der Waals surface area contributed by atoms with Crippen molar-refractivity contribution in [3.05, 3.63) is 28.2 Å². The molecule has 0 atom stereocenters. The molecule has 0 spiro atoms. The molecule has 0 saturated carbocycles. The molecule has 2 rings (SSSR count). The number of benzene rings is 1. The Hall–Kier alpha value is -0.540. The summed E-state index contributed by atoms with van der Waals surface area (Å²) in [6.45, 7) is 6.94. The van der Waals surface area contributed by atoms with Crippen LogP contribution >= 0.6 is 15.9 Å². The Morgan fingerprint density at radius 1 is 1.44 bits per heavy atom. The van der Waals surface area contributed by atoms with Gasteiger partial charge in [0.05, 0.1) is 12.3 Å². The molecule has 1 fully saturated rings. The molecule has 88 valence electrons. The lowest BCUT2D eigenvalue weighted by Crippen LogP contribution is -2.23. The first-order chi connectivity index (χ1) is 7.52. The Labute approximate surface area is 105 Å². The molecule has 2 nitrogen and oxygen atoms in total. The van der Waals surface area contributed by atoms with Crippen molar-refractivity contribution in [1.82, 2.24) is 0 Å². The number of hydrogen-bond donors (Lipinski definition) is 1. The van der Waals surface area contributed by atoms with E-state index in [9.17, 15) is 0 Å². The Balaban J connectivity index is 2.22. The predicted octanol–water partition coefficient (Wildman–Crippen LogP) is 3.18. The van der Waals surface area contributed by atoms with Crippen LogP contribution in [0.4, 0.5) is 5.69 Å². The minimum absolute atomic E-state index is 0.102. The third-order valence-electron chi connectivity index (χ3n) is 3.21. The van der Waals surface area contributed by atoms with Crippen LogP contribution in [-0.4, -0.2) is 18.2 Å². The number of rotatable bonds is 2. The van der Waals surface area contributed by atoms with Gasteiger partial charge in [0.2, 0.25) is 0 Å². The summed E-state index contributed by atoms with van der Waals surface area (Å²) >= 11 is 3.58. The van der Waals surface area contributed by atoms with Gasteiger partial charge in [-0.05, 0) is 45.5 Å². The maximum absolute atomic E-state index is 9.07. The molecule has 1 aliphatic rings. The molecule has 1 aromatic carbocycles. The number of aliphatic hydroxyl groups is 1. The summed E-state index contributed by atoms with van der Waals surface area (Å²) in [5, 5.41) is 9.07. The van der Waals surface area contributed by atoms with Crippen LogP contribution in [0.1, 0.15) is 25.8 Å². The van der Waals surface area contributed by atoms with Crippen LogP contribution in [0.2, 0.25) is 0 Å². The van der Waals surface area contributed by atoms with Crippen LogP contribution in [0, 0.1) is 5.41 Å². The Bertz CT molecular complexity index is 390. The van der Waals surface area contributed by atoms with E-state index in [4.69, 9.17) is 5.11 Å². The van der Waals surface area contributed by atoms with Gasteiger partial charge in [-0.25, -0.2) is 0 Å². The zero-order chi connectivity index (χ0) is 11.8. The van der Waals surface area contributed by atoms with Crippen LogP contribution in [0.25, 0.3) is 0 Å². The molecule has 1 heterocycles. The topological polar surface area (TPSA) is 23.5 Å². The van der Waals surface area contributed by atoms with Crippen LogP contribution < -0.4 is 4.90 Å². The van der Waals surface area contributed by atoms with Gasteiger partial charge in [-0.1, -0.05) is 19.9 Å². The minimum Gasteiger partial charge on any atom is -0.392 e. The van der Waals surface area contributed by atoms with Crippen molar-refractivity contribution >= 4 is 21.6 Å². The van der Waals surface area contributed by atoms with Crippen molar-refractivity contribution in [2.75, 3.05) is 18.0 Å². The smallest absolute Gasteiger partial charge is 0.0682 e. The molecule has 0 amide bonds. The van der Waals surface area contributed by atoms with Gasteiger partial charge in [-0.15, -0.1) is 0 Å². The van der Waals surface area contributed by atoms with Crippen LogP contribution in [-0.2, 0) is 6.61 Å². The fraction of sp³-hybridized carbons (Fsp3) is 0.538. The van der Waals surface area contributed by atoms with E-state index in [1.54, 1.807) is 0 Å². The second-order valence-electron chi connectivity index (χ2n) is 5.28. The number of aliphatic hydroxyl groups excluding tert-OH is 1. The molecule has 1 saturated heterocycles. The van der Waals surface area contributed by atoms with Gasteiger partial charge in [-0.2, -0.15) is 0 Å². The second kappa shape index (κ2) is 4.38. The van der Waals surface area contributed by atoms with E-state index in [-0.39, 0.29) is 6.61 Å². The first-order valence-corrected chi connectivity index (χ1v) is 6.45. The Morgan fingerprint density at radius 2 is 2.19 bits per heavy atom. The molecule has 0 aliphatic carbocycles. The largest absolute Gasteiger partial charge is 0.392 e. The summed E-state index contributed by atoms with van der Waals surface area (Å²) in [7, 11) is 0. The highest BCUT2D eigenvalue weighted by molar-refractivity contribution is 9.10. The molecule has 0 unspecified atom stereocenters. The fourth-order valence-electron chi connectivity index (χ4n) is 2.22. The molecule has 0 bridgehead atoms. The summed E-state index contributed by atoms with van der Waals surface area (Å²) in [4.78, 5) is 2.41. The zero-order valence-electron chi connectivity index (χ0n) is 9.83. The van der Waals surface area contributed by atoms with Crippen LogP contribution in [0.15, 0.2) is 22.7 Å². The SMILES string of the molecule is CC1(C)CCN(c2ccc(CO)cc2Br)C1. The molecule has 1 N–H and O–H groups in total. The van der Waals surface area contributed by atoms with Crippen molar-refractivity contribution in [2.45, 2.75) is 26.9 Å². The lowest BCUT2D eigenvalue weighted by molar-refractivity contribution is 0.282. The van der Waals surface area contributed by atoms with E-state index in [2.05, 4.69) is 40.7 Å². The maximum atomic E-state index is 9.07. The molecule has 16 heavy (non-hydrogen) atoms.